The van der Waals surface area contributed by atoms with Gasteiger partial charge in [-0.2, -0.15) is 0 Å². The smallest absolute Gasteiger partial charge is 0.337 e. The van der Waals surface area contributed by atoms with E-state index < -0.39 is 5.97 Å². The van der Waals surface area contributed by atoms with Gasteiger partial charge in [-0.15, -0.1) is 0 Å². The fraction of sp³-hybridized carbons (Fsp3) is 0.250. The van der Waals surface area contributed by atoms with Crippen molar-refractivity contribution in [3.05, 3.63) is 53.2 Å². The zero-order valence-electron chi connectivity index (χ0n) is 11.9. The van der Waals surface area contributed by atoms with Crippen LogP contribution in [0.2, 0.25) is 0 Å². The van der Waals surface area contributed by atoms with Crippen LogP contribution in [-0.2, 0) is 0 Å². The summed E-state index contributed by atoms with van der Waals surface area (Å²) in [6, 6.07) is 9.83. The molecule has 1 N–H and O–H groups in total. The number of anilines is 2. The number of aryl methyl sites for hydroxylation is 2. The molecule has 0 amide bonds. The normalized spacial score (nSPS) is 10.3. The van der Waals surface area contributed by atoms with Crippen LogP contribution >= 0.6 is 0 Å². The van der Waals surface area contributed by atoms with Crippen LogP contribution in [0.3, 0.4) is 0 Å². The minimum absolute atomic E-state index is 0.214. The second-order valence-electron chi connectivity index (χ2n) is 4.75. The van der Waals surface area contributed by atoms with Gasteiger partial charge < -0.3 is 10.0 Å². The first-order valence-corrected chi connectivity index (χ1v) is 6.57. The molecule has 0 aliphatic carbocycles. The van der Waals surface area contributed by atoms with E-state index in [4.69, 9.17) is 5.11 Å². The Morgan fingerprint density at radius 3 is 2.60 bits per heavy atom. The van der Waals surface area contributed by atoms with Gasteiger partial charge in [0.05, 0.1) is 5.56 Å². The summed E-state index contributed by atoms with van der Waals surface area (Å²) in [5, 5.41) is 9.00. The molecule has 0 atom stereocenters. The second-order valence-corrected chi connectivity index (χ2v) is 4.75. The number of rotatable bonds is 4. The Kier molecular flexibility index (Phi) is 4.03. The molecule has 1 aromatic carbocycles. The fourth-order valence-electron chi connectivity index (χ4n) is 2.22. The summed E-state index contributed by atoms with van der Waals surface area (Å²) < 4.78 is 0. The van der Waals surface area contributed by atoms with Crippen molar-refractivity contribution in [1.82, 2.24) is 4.98 Å². The molecule has 0 saturated heterocycles. The Morgan fingerprint density at radius 1 is 1.30 bits per heavy atom. The minimum Gasteiger partial charge on any atom is -0.478 e. The number of carbonyl (C=O) groups is 1. The van der Waals surface area contributed by atoms with Gasteiger partial charge >= 0.3 is 5.97 Å². The Morgan fingerprint density at radius 2 is 2.05 bits per heavy atom. The molecule has 104 valence electrons. The van der Waals surface area contributed by atoms with Crippen LogP contribution in [0, 0.1) is 13.8 Å². The summed E-state index contributed by atoms with van der Waals surface area (Å²) in [5.74, 6) is -0.158. The molecule has 2 aromatic rings. The van der Waals surface area contributed by atoms with E-state index in [0.717, 1.165) is 23.6 Å². The molecule has 0 fully saturated rings. The van der Waals surface area contributed by atoms with Gasteiger partial charge in [-0.3, -0.25) is 0 Å². The summed E-state index contributed by atoms with van der Waals surface area (Å²) in [4.78, 5) is 17.4. The maximum atomic E-state index is 11.0. The topological polar surface area (TPSA) is 53.4 Å². The molecule has 1 heterocycles. The molecular weight excluding hydrogens is 252 g/mol. The fourth-order valence-corrected chi connectivity index (χ4v) is 2.22. The quantitative estimate of drug-likeness (QED) is 0.923. The Bertz CT molecular complexity index is 638. The van der Waals surface area contributed by atoms with Gasteiger partial charge in [-0.05, 0) is 50.1 Å². The largest absolute Gasteiger partial charge is 0.478 e. The van der Waals surface area contributed by atoms with E-state index in [2.05, 4.69) is 22.9 Å². The Labute approximate surface area is 118 Å². The highest BCUT2D eigenvalue weighted by molar-refractivity contribution is 5.88. The van der Waals surface area contributed by atoms with E-state index >= 15 is 0 Å². The van der Waals surface area contributed by atoms with Gasteiger partial charge in [-0.25, -0.2) is 9.78 Å². The van der Waals surface area contributed by atoms with Crippen molar-refractivity contribution in [1.29, 1.82) is 0 Å². The van der Waals surface area contributed by atoms with Crippen molar-refractivity contribution in [3.63, 3.8) is 0 Å². The van der Waals surface area contributed by atoms with E-state index in [9.17, 15) is 4.79 Å². The van der Waals surface area contributed by atoms with Gasteiger partial charge in [0.15, 0.2) is 0 Å². The summed E-state index contributed by atoms with van der Waals surface area (Å²) in [6.45, 7) is 6.75. The molecule has 0 saturated carbocycles. The highest BCUT2D eigenvalue weighted by atomic mass is 16.4. The second kappa shape index (κ2) is 5.74. The van der Waals surface area contributed by atoms with Crippen molar-refractivity contribution in [2.24, 2.45) is 0 Å². The lowest BCUT2D eigenvalue weighted by Crippen LogP contribution is -2.19. The summed E-state index contributed by atoms with van der Waals surface area (Å²) in [5.41, 5.74) is 3.31. The van der Waals surface area contributed by atoms with E-state index in [-0.39, 0.29) is 5.56 Å². The highest BCUT2D eigenvalue weighted by Crippen LogP contribution is 2.27. The minimum atomic E-state index is -0.953. The Hall–Kier alpha value is -2.36. The first-order valence-electron chi connectivity index (χ1n) is 6.57. The van der Waals surface area contributed by atoms with Gasteiger partial charge in [0.1, 0.15) is 5.82 Å². The molecule has 4 nitrogen and oxygen atoms in total. The zero-order valence-corrected chi connectivity index (χ0v) is 11.9. The van der Waals surface area contributed by atoms with E-state index in [1.165, 1.54) is 11.8 Å². The first-order chi connectivity index (χ1) is 9.52. The molecular formula is C16H18N2O2. The lowest BCUT2D eigenvalue weighted by atomic mass is 10.1. The summed E-state index contributed by atoms with van der Waals surface area (Å²) >= 11 is 0. The number of benzene rings is 1. The SMILES string of the molecule is CCN(c1cccc(C)c1)c1ncc(C(=O)O)cc1C. The molecule has 2 rings (SSSR count). The van der Waals surface area contributed by atoms with Gasteiger partial charge in [-0.1, -0.05) is 12.1 Å². The zero-order chi connectivity index (χ0) is 14.7. The van der Waals surface area contributed by atoms with Crippen molar-refractivity contribution >= 4 is 17.5 Å². The van der Waals surface area contributed by atoms with Crippen LogP contribution in [0.4, 0.5) is 11.5 Å². The average Bonchev–Trinajstić information content (AvgIpc) is 2.41. The van der Waals surface area contributed by atoms with Crippen LogP contribution in [0.25, 0.3) is 0 Å². The molecule has 0 aliphatic rings. The van der Waals surface area contributed by atoms with Crippen molar-refractivity contribution in [3.8, 4) is 0 Å². The van der Waals surface area contributed by atoms with Crippen LogP contribution < -0.4 is 4.90 Å². The van der Waals surface area contributed by atoms with Crippen LogP contribution in [-0.4, -0.2) is 22.6 Å². The van der Waals surface area contributed by atoms with Crippen LogP contribution in [0.15, 0.2) is 36.5 Å². The molecule has 0 unspecified atom stereocenters. The highest BCUT2D eigenvalue weighted by Gasteiger charge is 2.13. The molecule has 4 heteroatoms. The summed E-state index contributed by atoms with van der Waals surface area (Å²) in [6.07, 6.45) is 1.41. The number of nitrogens with zero attached hydrogens (tertiary/aromatic N) is 2. The van der Waals surface area contributed by atoms with Crippen molar-refractivity contribution < 1.29 is 9.90 Å². The monoisotopic (exact) mass is 270 g/mol. The molecule has 1 aromatic heterocycles. The number of carboxylic acids is 1. The van der Waals surface area contributed by atoms with Crippen LogP contribution in [0.1, 0.15) is 28.4 Å². The predicted octanol–water partition coefficient (Wildman–Crippen LogP) is 3.55. The number of hydrogen-bond donors (Lipinski definition) is 1. The van der Waals surface area contributed by atoms with Gasteiger partial charge in [0, 0.05) is 18.4 Å². The van der Waals surface area contributed by atoms with Gasteiger partial charge in [0.2, 0.25) is 0 Å². The maximum absolute atomic E-state index is 11.0. The number of aromatic carboxylic acids is 1. The maximum Gasteiger partial charge on any atom is 0.337 e. The number of carboxylic acid groups (broad SMARTS) is 1. The molecule has 20 heavy (non-hydrogen) atoms. The number of hydrogen-bond acceptors (Lipinski definition) is 3. The lowest BCUT2D eigenvalue weighted by Gasteiger charge is -2.24. The molecule has 0 radical (unpaired) electrons. The van der Waals surface area contributed by atoms with E-state index in [0.29, 0.717) is 0 Å². The summed E-state index contributed by atoms with van der Waals surface area (Å²) in [7, 11) is 0. The standard InChI is InChI=1S/C16H18N2O2/c1-4-18(14-7-5-6-11(2)8-14)15-12(3)9-13(10-17-15)16(19)20/h5-10H,4H2,1-3H3,(H,19,20). The molecule has 0 bridgehead atoms. The third-order valence-electron chi connectivity index (χ3n) is 3.18. The molecule has 0 aliphatic heterocycles. The number of pyridine rings is 1. The van der Waals surface area contributed by atoms with Crippen molar-refractivity contribution in [2.75, 3.05) is 11.4 Å². The third-order valence-corrected chi connectivity index (χ3v) is 3.18. The molecule has 0 spiro atoms. The van der Waals surface area contributed by atoms with Gasteiger partial charge in [0.25, 0.3) is 0 Å². The Balaban J connectivity index is 2.44. The third kappa shape index (κ3) is 2.79. The van der Waals surface area contributed by atoms with Crippen molar-refractivity contribution in [2.45, 2.75) is 20.8 Å². The van der Waals surface area contributed by atoms with E-state index in [1.807, 2.05) is 32.0 Å². The predicted molar refractivity (Wildman–Crippen MR) is 79.8 cm³/mol. The lowest BCUT2D eigenvalue weighted by molar-refractivity contribution is 0.0696. The average molecular weight is 270 g/mol. The van der Waals surface area contributed by atoms with E-state index in [1.54, 1.807) is 6.07 Å². The number of aromatic nitrogens is 1. The van der Waals surface area contributed by atoms with Crippen LogP contribution in [0.5, 0.6) is 0 Å². The first kappa shape index (κ1) is 14.1.